The summed E-state index contributed by atoms with van der Waals surface area (Å²) in [5.74, 6) is -0.498. The summed E-state index contributed by atoms with van der Waals surface area (Å²) in [6, 6.07) is 19.2. The topological polar surface area (TPSA) is 111 Å². The molecule has 1 aliphatic heterocycles. The first-order valence-electron chi connectivity index (χ1n) is 12.5. The summed E-state index contributed by atoms with van der Waals surface area (Å²) in [4.78, 5) is 40.5. The van der Waals surface area contributed by atoms with Crippen LogP contribution in [0.2, 0.25) is 0 Å². The lowest BCUT2D eigenvalue weighted by Gasteiger charge is -2.32. The maximum absolute atomic E-state index is 14.1. The number of nitro benzene ring substituents is 1. The van der Waals surface area contributed by atoms with Crippen molar-refractivity contribution in [3.63, 3.8) is 0 Å². The molecular formula is C29H31N3O6. The van der Waals surface area contributed by atoms with Gasteiger partial charge in [-0.3, -0.25) is 19.7 Å². The van der Waals surface area contributed by atoms with Crippen LogP contribution in [0.4, 0.5) is 5.69 Å². The molecule has 1 saturated heterocycles. The number of benzene rings is 3. The van der Waals surface area contributed by atoms with Crippen LogP contribution in [0.1, 0.15) is 45.9 Å². The molecule has 2 atom stereocenters. The fraction of sp³-hybridized carbons (Fsp3) is 0.310. The van der Waals surface area contributed by atoms with E-state index >= 15 is 0 Å². The van der Waals surface area contributed by atoms with Crippen LogP contribution in [0.3, 0.4) is 0 Å². The second-order valence-corrected chi connectivity index (χ2v) is 9.21. The highest BCUT2D eigenvalue weighted by atomic mass is 16.6. The van der Waals surface area contributed by atoms with Crippen LogP contribution >= 0.6 is 0 Å². The van der Waals surface area contributed by atoms with Gasteiger partial charge in [0.1, 0.15) is 17.4 Å². The molecule has 0 spiro atoms. The predicted molar refractivity (Wildman–Crippen MR) is 142 cm³/mol. The molecular weight excluding hydrogens is 486 g/mol. The van der Waals surface area contributed by atoms with E-state index in [1.165, 1.54) is 30.2 Å². The van der Waals surface area contributed by atoms with Crippen molar-refractivity contribution in [3.8, 4) is 5.75 Å². The number of rotatable bonds is 10. The Morgan fingerprint density at radius 2 is 1.82 bits per heavy atom. The van der Waals surface area contributed by atoms with Crippen LogP contribution in [0.15, 0.2) is 72.8 Å². The van der Waals surface area contributed by atoms with Crippen molar-refractivity contribution in [2.75, 3.05) is 20.3 Å². The van der Waals surface area contributed by atoms with Crippen LogP contribution in [-0.4, -0.2) is 48.0 Å². The number of carbonyl (C=O) groups excluding carboxylic acids is 2. The molecule has 3 aromatic rings. The molecule has 2 amide bonds. The third kappa shape index (κ3) is 6.18. The Hall–Kier alpha value is -4.24. The molecule has 0 bridgehead atoms. The van der Waals surface area contributed by atoms with Crippen LogP contribution in [0.25, 0.3) is 0 Å². The van der Waals surface area contributed by atoms with E-state index in [2.05, 4.69) is 5.32 Å². The van der Waals surface area contributed by atoms with E-state index in [0.717, 1.165) is 18.4 Å². The summed E-state index contributed by atoms with van der Waals surface area (Å²) < 4.78 is 11.2. The van der Waals surface area contributed by atoms with Gasteiger partial charge in [-0.1, -0.05) is 60.2 Å². The number of aryl methyl sites for hydroxylation is 1. The number of carbonyl (C=O) groups is 2. The number of nitrogens with zero attached hydrogens (tertiary/aromatic N) is 2. The molecule has 1 N–H and O–H groups in total. The highest BCUT2D eigenvalue weighted by Crippen LogP contribution is 2.31. The Kier molecular flexibility index (Phi) is 8.70. The maximum Gasteiger partial charge on any atom is 0.282 e. The van der Waals surface area contributed by atoms with Crippen molar-refractivity contribution in [2.45, 2.75) is 38.5 Å². The normalized spacial score (nSPS) is 15.5. The summed E-state index contributed by atoms with van der Waals surface area (Å²) in [5.41, 5.74) is 1.81. The van der Waals surface area contributed by atoms with Gasteiger partial charge >= 0.3 is 0 Å². The number of nitro groups is 1. The quantitative estimate of drug-likeness (QED) is 0.311. The number of amides is 2. The van der Waals surface area contributed by atoms with E-state index < -0.39 is 22.8 Å². The summed E-state index contributed by atoms with van der Waals surface area (Å²) in [6.45, 7) is 2.88. The summed E-state index contributed by atoms with van der Waals surface area (Å²) >= 11 is 0. The van der Waals surface area contributed by atoms with Gasteiger partial charge in [0.05, 0.1) is 24.7 Å². The lowest BCUT2D eigenvalue weighted by atomic mass is 9.99. The van der Waals surface area contributed by atoms with Gasteiger partial charge in [0.2, 0.25) is 5.91 Å². The van der Waals surface area contributed by atoms with Gasteiger partial charge in [-0.25, -0.2) is 0 Å². The van der Waals surface area contributed by atoms with E-state index in [1.807, 2.05) is 31.2 Å². The summed E-state index contributed by atoms with van der Waals surface area (Å²) in [5, 5.41) is 14.7. The van der Waals surface area contributed by atoms with E-state index in [4.69, 9.17) is 9.47 Å². The minimum atomic E-state index is -1.06. The van der Waals surface area contributed by atoms with Crippen LogP contribution in [0.5, 0.6) is 5.75 Å². The van der Waals surface area contributed by atoms with E-state index in [1.54, 1.807) is 30.3 Å². The largest absolute Gasteiger partial charge is 0.496 e. The molecule has 9 heteroatoms. The zero-order chi connectivity index (χ0) is 27.1. The minimum absolute atomic E-state index is 0.0131. The number of ether oxygens (including phenoxy) is 2. The fourth-order valence-corrected chi connectivity index (χ4v) is 4.60. The number of hydrogen-bond acceptors (Lipinski definition) is 6. The first-order chi connectivity index (χ1) is 18.4. The van der Waals surface area contributed by atoms with Gasteiger partial charge in [0.25, 0.3) is 11.6 Å². The average Bonchev–Trinajstić information content (AvgIpc) is 3.46. The zero-order valence-corrected chi connectivity index (χ0v) is 21.5. The maximum atomic E-state index is 14.1. The first kappa shape index (κ1) is 26.8. The Morgan fingerprint density at radius 1 is 1.11 bits per heavy atom. The third-order valence-corrected chi connectivity index (χ3v) is 6.61. The molecule has 0 radical (unpaired) electrons. The first-order valence-corrected chi connectivity index (χ1v) is 12.5. The SMILES string of the molecule is COc1ccccc1CN(C(=O)c1ccccc1[N+](=O)[O-])C(C(=O)NCC1CCCO1)c1ccc(C)cc1. The molecule has 1 aliphatic rings. The second kappa shape index (κ2) is 12.3. The number of hydrogen-bond donors (Lipinski definition) is 1. The number of nitrogens with one attached hydrogen (secondary N) is 1. The Morgan fingerprint density at radius 3 is 2.50 bits per heavy atom. The lowest BCUT2D eigenvalue weighted by molar-refractivity contribution is -0.385. The standard InChI is InChI=1S/C29H31N3O6/c1-20-13-15-21(16-14-20)27(28(33)30-18-23-9-7-17-38-23)31(19-22-8-3-6-12-26(22)37-2)29(34)24-10-4-5-11-25(24)32(35)36/h3-6,8,10-16,23,27H,7,9,17-19H2,1-2H3,(H,30,33). The molecule has 3 aromatic carbocycles. The highest BCUT2D eigenvalue weighted by Gasteiger charge is 2.35. The molecule has 9 nitrogen and oxygen atoms in total. The minimum Gasteiger partial charge on any atom is -0.496 e. The molecule has 1 heterocycles. The average molecular weight is 518 g/mol. The summed E-state index contributed by atoms with van der Waals surface area (Å²) in [7, 11) is 1.53. The van der Waals surface area contributed by atoms with Gasteiger partial charge in [-0.2, -0.15) is 0 Å². The fourth-order valence-electron chi connectivity index (χ4n) is 4.60. The Bertz CT molecular complexity index is 1290. The molecule has 198 valence electrons. The van der Waals surface area contributed by atoms with E-state index in [9.17, 15) is 19.7 Å². The van der Waals surface area contributed by atoms with Crippen LogP contribution in [-0.2, 0) is 16.1 Å². The van der Waals surface area contributed by atoms with E-state index in [-0.39, 0.29) is 23.9 Å². The van der Waals surface area contributed by atoms with Crippen molar-refractivity contribution >= 4 is 17.5 Å². The van der Waals surface area contributed by atoms with Gasteiger partial charge in [-0.15, -0.1) is 0 Å². The van der Waals surface area contributed by atoms with Crippen LogP contribution < -0.4 is 10.1 Å². The van der Waals surface area contributed by atoms with Crippen molar-refractivity contribution in [1.82, 2.24) is 10.2 Å². The molecule has 38 heavy (non-hydrogen) atoms. The van der Waals surface area contributed by atoms with Crippen molar-refractivity contribution in [3.05, 3.63) is 105 Å². The molecule has 0 aromatic heterocycles. The van der Waals surface area contributed by atoms with Gasteiger partial charge in [0, 0.05) is 24.8 Å². The summed E-state index contributed by atoms with van der Waals surface area (Å²) in [6.07, 6.45) is 1.68. The second-order valence-electron chi connectivity index (χ2n) is 9.21. The molecule has 4 rings (SSSR count). The molecule has 2 unspecified atom stereocenters. The van der Waals surface area contributed by atoms with Crippen molar-refractivity contribution < 1.29 is 24.0 Å². The Balaban J connectivity index is 1.80. The number of methoxy groups -OCH3 is 1. The number of para-hydroxylation sites is 2. The van der Waals surface area contributed by atoms with Crippen molar-refractivity contribution in [1.29, 1.82) is 0 Å². The molecule has 0 saturated carbocycles. The zero-order valence-electron chi connectivity index (χ0n) is 21.5. The predicted octanol–water partition coefficient (Wildman–Crippen LogP) is 4.59. The van der Waals surface area contributed by atoms with Crippen molar-refractivity contribution in [2.24, 2.45) is 0 Å². The highest BCUT2D eigenvalue weighted by molar-refractivity contribution is 6.01. The third-order valence-electron chi connectivity index (χ3n) is 6.61. The van der Waals surface area contributed by atoms with E-state index in [0.29, 0.717) is 30.0 Å². The van der Waals surface area contributed by atoms with Gasteiger partial charge in [0.15, 0.2) is 0 Å². The van der Waals surface area contributed by atoms with Gasteiger partial charge in [-0.05, 0) is 37.5 Å². The van der Waals surface area contributed by atoms with Crippen LogP contribution in [0, 0.1) is 17.0 Å². The van der Waals surface area contributed by atoms with Gasteiger partial charge < -0.3 is 19.7 Å². The monoisotopic (exact) mass is 517 g/mol. The lowest BCUT2D eigenvalue weighted by Crippen LogP contribution is -2.45. The smallest absolute Gasteiger partial charge is 0.282 e. The molecule has 0 aliphatic carbocycles. The Labute approximate surface area is 221 Å². The molecule has 1 fully saturated rings.